The van der Waals surface area contributed by atoms with Gasteiger partial charge in [-0.05, 0) is 29.8 Å². The van der Waals surface area contributed by atoms with Crippen LogP contribution in [0, 0.1) is 15.5 Å². The third kappa shape index (κ3) is 6.22. The topological polar surface area (TPSA) is 129 Å². The first kappa shape index (κ1) is 25.2. The molecule has 176 valence electrons. The Kier molecular flexibility index (Phi) is 8.00. The minimum Gasteiger partial charge on any atom is -0.493 e. The second-order valence-corrected chi connectivity index (χ2v) is 7.95. The Bertz CT molecular complexity index is 1060. The fourth-order valence-electron chi connectivity index (χ4n) is 2.75. The number of ether oxygens (including phenoxy) is 3. The van der Waals surface area contributed by atoms with Gasteiger partial charge in [0.05, 0.1) is 26.3 Å². The molecular formula is C23H27N3O7. The first-order chi connectivity index (χ1) is 15.5. The van der Waals surface area contributed by atoms with Gasteiger partial charge in [0, 0.05) is 11.5 Å². The van der Waals surface area contributed by atoms with Crippen LogP contribution in [0.15, 0.2) is 42.1 Å². The SMILES string of the molecule is COc1cc(/C=C(/NC(=O)C(C)(C)C)C(=O)Nc2ccccc2[N+](=O)[O-])cc(OC)c1OC. The fraction of sp³-hybridized carbons (Fsp3) is 0.304. The van der Waals surface area contributed by atoms with Gasteiger partial charge in [0.2, 0.25) is 11.7 Å². The third-order valence-electron chi connectivity index (χ3n) is 4.52. The molecular weight excluding hydrogens is 430 g/mol. The van der Waals surface area contributed by atoms with E-state index >= 15 is 0 Å². The minimum atomic E-state index is -0.798. The Balaban J connectivity index is 2.55. The predicted octanol–water partition coefficient (Wildman–Crippen LogP) is 3.76. The number of nitro benzene ring substituents is 1. The first-order valence-corrected chi connectivity index (χ1v) is 9.89. The van der Waals surface area contributed by atoms with Crippen molar-refractivity contribution >= 4 is 29.3 Å². The van der Waals surface area contributed by atoms with Gasteiger partial charge in [-0.15, -0.1) is 0 Å². The Morgan fingerprint density at radius 2 is 1.58 bits per heavy atom. The van der Waals surface area contributed by atoms with Gasteiger partial charge in [-0.3, -0.25) is 19.7 Å². The summed E-state index contributed by atoms with van der Waals surface area (Å²) in [6, 6.07) is 8.91. The van der Waals surface area contributed by atoms with E-state index in [-0.39, 0.29) is 17.1 Å². The van der Waals surface area contributed by atoms with E-state index in [1.807, 2.05) is 0 Å². The molecule has 2 N–H and O–H groups in total. The molecule has 0 saturated carbocycles. The largest absolute Gasteiger partial charge is 0.493 e. The fourth-order valence-corrected chi connectivity index (χ4v) is 2.75. The zero-order valence-corrected chi connectivity index (χ0v) is 19.3. The standard InChI is InChI=1S/C23H27N3O7/c1-23(2,3)22(28)25-16(21(27)24-15-9-7-8-10-17(15)26(29)30)11-14-12-18(31-4)20(33-6)19(13-14)32-5/h7-13H,1-6H3,(H,24,27)(H,25,28)/b16-11+. The molecule has 2 aromatic carbocycles. The quantitative estimate of drug-likeness (QED) is 0.351. The second kappa shape index (κ2) is 10.5. The molecule has 2 rings (SSSR count). The average Bonchev–Trinajstić information content (AvgIpc) is 2.77. The van der Waals surface area contributed by atoms with Crippen molar-refractivity contribution in [1.82, 2.24) is 5.32 Å². The molecule has 0 fully saturated rings. The van der Waals surface area contributed by atoms with Crippen LogP contribution in [0.5, 0.6) is 17.2 Å². The summed E-state index contributed by atoms with van der Waals surface area (Å²) in [5, 5.41) is 16.4. The van der Waals surface area contributed by atoms with Gasteiger partial charge in [-0.25, -0.2) is 0 Å². The molecule has 0 unspecified atom stereocenters. The van der Waals surface area contributed by atoms with Crippen LogP contribution in [-0.4, -0.2) is 38.1 Å². The van der Waals surface area contributed by atoms with E-state index in [9.17, 15) is 19.7 Å². The number of rotatable bonds is 8. The van der Waals surface area contributed by atoms with Crippen molar-refractivity contribution < 1.29 is 28.7 Å². The molecule has 0 atom stereocenters. The number of para-hydroxylation sites is 2. The maximum Gasteiger partial charge on any atom is 0.292 e. The van der Waals surface area contributed by atoms with Gasteiger partial charge in [-0.2, -0.15) is 0 Å². The highest BCUT2D eigenvalue weighted by Gasteiger charge is 2.25. The van der Waals surface area contributed by atoms with Crippen LogP contribution in [0.1, 0.15) is 26.3 Å². The van der Waals surface area contributed by atoms with Crippen LogP contribution >= 0.6 is 0 Å². The normalized spacial score (nSPS) is 11.4. The van der Waals surface area contributed by atoms with Crippen molar-refractivity contribution in [2.45, 2.75) is 20.8 Å². The number of amides is 2. The lowest BCUT2D eigenvalue weighted by Crippen LogP contribution is -2.38. The van der Waals surface area contributed by atoms with Crippen molar-refractivity contribution in [1.29, 1.82) is 0 Å². The molecule has 0 aliphatic carbocycles. The molecule has 2 amide bonds. The van der Waals surface area contributed by atoms with Crippen molar-refractivity contribution in [2.75, 3.05) is 26.6 Å². The summed E-state index contributed by atoms with van der Waals surface area (Å²) in [6.45, 7) is 5.08. The van der Waals surface area contributed by atoms with Crippen LogP contribution in [0.25, 0.3) is 6.08 Å². The highest BCUT2D eigenvalue weighted by atomic mass is 16.6. The third-order valence-corrected chi connectivity index (χ3v) is 4.52. The Morgan fingerprint density at radius 1 is 1.00 bits per heavy atom. The van der Waals surface area contributed by atoms with Gasteiger partial charge in [-0.1, -0.05) is 32.9 Å². The Hall–Kier alpha value is -4.08. The molecule has 0 saturated heterocycles. The Morgan fingerprint density at radius 3 is 2.06 bits per heavy atom. The van der Waals surface area contributed by atoms with E-state index in [0.717, 1.165) is 0 Å². The number of benzene rings is 2. The van der Waals surface area contributed by atoms with Crippen molar-refractivity contribution in [3.63, 3.8) is 0 Å². The molecule has 10 nitrogen and oxygen atoms in total. The zero-order valence-electron chi connectivity index (χ0n) is 19.3. The summed E-state index contributed by atoms with van der Waals surface area (Å²) in [6.07, 6.45) is 1.41. The highest BCUT2D eigenvalue weighted by Crippen LogP contribution is 2.38. The zero-order chi connectivity index (χ0) is 24.8. The van der Waals surface area contributed by atoms with E-state index < -0.39 is 22.2 Å². The number of nitrogens with zero attached hydrogens (tertiary/aromatic N) is 1. The molecule has 0 aliphatic rings. The molecule has 0 radical (unpaired) electrons. The lowest BCUT2D eigenvalue weighted by Gasteiger charge is -2.19. The molecule has 2 aromatic rings. The van der Waals surface area contributed by atoms with Crippen molar-refractivity contribution in [3.05, 3.63) is 57.8 Å². The Labute approximate surface area is 191 Å². The van der Waals surface area contributed by atoms with Gasteiger partial charge in [0.1, 0.15) is 11.4 Å². The number of hydrogen-bond acceptors (Lipinski definition) is 7. The summed E-state index contributed by atoms with van der Waals surface area (Å²) in [5.74, 6) is -0.0937. The number of anilines is 1. The van der Waals surface area contributed by atoms with Crippen LogP contribution in [0.3, 0.4) is 0 Å². The average molecular weight is 457 g/mol. The number of nitrogens with one attached hydrogen (secondary N) is 2. The summed E-state index contributed by atoms with van der Waals surface area (Å²) in [5.41, 5.74) is -0.741. The number of methoxy groups -OCH3 is 3. The van der Waals surface area contributed by atoms with E-state index in [0.29, 0.717) is 22.8 Å². The van der Waals surface area contributed by atoms with Gasteiger partial charge in [0.15, 0.2) is 11.5 Å². The van der Waals surface area contributed by atoms with Crippen molar-refractivity contribution in [2.24, 2.45) is 5.41 Å². The number of hydrogen-bond donors (Lipinski definition) is 2. The van der Waals surface area contributed by atoms with Gasteiger partial charge >= 0.3 is 0 Å². The molecule has 0 aromatic heterocycles. The molecule has 0 bridgehead atoms. The van der Waals surface area contributed by atoms with E-state index in [4.69, 9.17) is 14.2 Å². The number of nitro groups is 1. The highest BCUT2D eigenvalue weighted by molar-refractivity contribution is 6.09. The maximum atomic E-state index is 13.1. The monoisotopic (exact) mass is 457 g/mol. The summed E-state index contributed by atoms with van der Waals surface area (Å²) < 4.78 is 16.0. The summed E-state index contributed by atoms with van der Waals surface area (Å²) in [7, 11) is 4.37. The first-order valence-electron chi connectivity index (χ1n) is 9.89. The van der Waals surface area contributed by atoms with Gasteiger partial charge in [0.25, 0.3) is 11.6 Å². The molecule has 0 heterocycles. The summed E-state index contributed by atoms with van der Waals surface area (Å²) in [4.78, 5) is 36.4. The molecule has 0 aliphatic heterocycles. The predicted molar refractivity (Wildman–Crippen MR) is 123 cm³/mol. The van der Waals surface area contributed by atoms with Crippen molar-refractivity contribution in [3.8, 4) is 17.2 Å². The van der Waals surface area contributed by atoms with E-state index in [1.54, 1.807) is 39.0 Å². The minimum absolute atomic E-state index is 0.00620. The molecule has 0 spiro atoms. The van der Waals surface area contributed by atoms with Gasteiger partial charge < -0.3 is 24.8 Å². The van der Waals surface area contributed by atoms with E-state index in [1.165, 1.54) is 45.6 Å². The lowest BCUT2D eigenvalue weighted by atomic mass is 9.95. The molecule has 33 heavy (non-hydrogen) atoms. The van der Waals surface area contributed by atoms with Crippen LogP contribution in [0.4, 0.5) is 11.4 Å². The lowest BCUT2D eigenvalue weighted by molar-refractivity contribution is -0.383. The summed E-state index contributed by atoms with van der Waals surface area (Å²) >= 11 is 0. The maximum absolute atomic E-state index is 13.1. The second-order valence-electron chi connectivity index (χ2n) is 7.95. The van der Waals surface area contributed by atoms with E-state index in [2.05, 4.69) is 10.6 Å². The van der Waals surface area contributed by atoms with Crippen LogP contribution in [-0.2, 0) is 9.59 Å². The smallest absolute Gasteiger partial charge is 0.292 e. The molecule has 10 heteroatoms. The number of carbonyl (C=O) groups excluding carboxylic acids is 2. The van der Waals surface area contributed by atoms with Crippen LogP contribution in [0.2, 0.25) is 0 Å². The van der Waals surface area contributed by atoms with Crippen LogP contribution < -0.4 is 24.8 Å². The number of carbonyl (C=O) groups is 2.